The van der Waals surface area contributed by atoms with Gasteiger partial charge in [-0.05, 0) is 12.1 Å². The van der Waals surface area contributed by atoms with E-state index in [0.29, 0.717) is 16.6 Å². The molecule has 0 amide bonds. The number of nitro groups is 1. The predicted octanol–water partition coefficient (Wildman–Crippen LogP) is 2.21. The number of non-ortho nitro benzene ring substituents is 1. The maximum absolute atomic E-state index is 10.6. The third-order valence-corrected chi connectivity index (χ3v) is 2.20. The molecule has 16 heavy (non-hydrogen) atoms. The lowest BCUT2D eigenvalue weighted by molar-refractivity contribution is -0.384. The zero-order chi connectivity index (χ0) is 11.5. The second-order valence-electron chi connectivity index (χ2n) is 3.27. The standard InChI is InChI=1S/C11H7N3O2/c12-6-5-9-2-1-8-7-10(14(15)16)3-4-11(8)13-9/h1-4,7H,5H2. The van der Waals surface area contributed by atoms with Gasteiger partial charge in [0.05, 0.1) is 28.6 Å². The normalized spacial score (nSPS) is 9.94. The van der Waals surface area contributed by atoms with Crippen LogP contribution in [0.2, 0.25) is 0 Å². The lowest BCUT2D eigenvalue weighted by Crippen LogP contribution is -1.91. The summed E-state index contributed by atoms with van der Waals surface area (Å²) in [6.45, 7) is 0. The van der Waals surface area contributed by atoms with Gasteiger partial charge in [-0.3, -0.25) is 15.1 Å². The van der Waals surface area contributed by atoms with Gasteiger partial charge in [-0.2, -0.15) is 5.26 Å². The molecule has 2 rings (SSSR count). The Kier molecular flexibility index (Phi) is 2.48. The number of rotatable bonds is 2. The lowest BCUT2D eigenvalue weighted by Gasteiger charge is -1.99. The first-order valence-electron chi connectivity index (χ1n) is 4.62. The fourth-order valence-electron chi connectivity index (χ4n) is 1.45. The molecule has 0 fully saturated rings. The van der Waals surface area contributed by atoms with E-state index in [9.17, 15) is 10.1 Å². The lowest BCUT2D eigenvalue weighted by atomic mass is 10.1. The molecule has 0 aliphatic carbocycles. The third-order valence-electron chi connectivity index (χ3n) is 2.20. The molecule has 5 nitrogen and oxygen atoms in total. The van der Waals surface area contributed by atoms with E-state index in [1.54, 1.807) is 18.2 Å². The van der Waals surface area contributed by atoms with Crippen LogP contribution in [0, 0.1) is 21.4 Å². The van der Waals surface area contributed by atoms with Crippen LogP contribution in [0.5, 0.6) is 0 Å². The number of fused-ring (bicyclic) bond motifs is 1. The van der Waals surface area contributed by atoms with Crippen molar-refractivity contribution in [2.24, 2.45) is 0 Å². The van der Waals surface area contributed by atoms with Crippen LogP contribution in [0.15, 0.2) is 30.3 Å². The Balaban J connectivity index is 2.53. The van der Waals surface area contributed by atoms with E-state index in [4.69, 9.17) is 5.26 Å². The van der Waals surface area contributed by atoms with E-state index in [2.05, 4.69) is 4.98 Å². The molecule has 78 valence electrons. The Morgan fingerprint density at radius 2 is 2.19 bits per heavy atom. The first kappa shape index (κ1) is 10.1. The second kappa shape index (κ2) is 3.95. The fraction of sp³-hybridized carbons (Fsp3) is 0.0909. The van der Waals surface area contributed by atoms with Crippen molar-refractivity contribution in [3.63, 3.8) is 0 Å². The number of hydrogen-bond donors (Lipinski definition) is 0. The summed E-state index contributed by atoms with van der Waals surface area (Å²) in [6, 6.07) is 9.92. The van der Waals surface area contributed by atoms with Crippen molar-refractivity contribution in [2.45, 2.75) is 6.42 Å². The van der Waals surface area contributed by atoms with Gasteiger partial charge in [-0.1, -0.05) is 6.07 Å². The Labute approximate surface area is 91.1 Å². The molecule has 0 saturated carbocycles. The van der Waals surface area contributed by atoms with Crippen LogP contribution in [0.1, 0.15) is 5.69 Å². The van der Waals surface area contributed by atoms with Crippen LogP contribution in [0.25, 0.3) is 10.9 Å². The molecule has 0 saturated heterocycles. The number of nitro benzene ring substituents is 1. The van der Waals surface area contributed by atoms with Crippen LogP contribution in [0.4, 0.5) is 5.69 Å². The van der Waals surface area contributed by atoms with Gasteiger partial charge in [0.25, 0.3) is 5.69 Å². The van der Waals surface area contributed by atoms with Crippen molar-refractivity contribution in [3.05, 3.63) is 46.1 Å². The van der Waals surface area contributed by atoms with Crippen LogP contribution in [-0.2, 0) is 6.42 Å². The first-order chi connectivity index (χ1) is 7.70. The summed E-state index contributed by atoms with van der Waals surface area (Å²) in [7, 11) is 0. The van der Waals surface area contributed by atoms with E-state index >= 15 is 0 Å². The molecule has 0 spiro atoms. The van der Waals surface area contributed by atoms with Gasteiger partial charge in [0.15, 0.2) is 0 Å². The van der Waals surface area contributed by atoms with Crippen molar-refractivity contribution in [3.8, 4) is 6.07 Å². The van der Waals surface area contributed by atoms with Crippen molar-refractivity contribution < 1.29 is 4.92 Å². The summed E-state index contributed by atoms with van der Waals surface area (Å²) < 4.78 is 0. The second-order valence-corrected chi connectivity index (χ2v) is 3.27. The smallest absolute Gasteiger partial charge is 0.258 e. The van der Waals surface area contributed by atoms with Crippen LogP contribution >= 0.6 is 0 Å². The third kappa shape index (κ3) is 1.81. The van der Waals surface area contributed by atoms with Crippen molar-refractivity contribution in [1.29, 1.82) is 5.26 Å². The van der Waals surface area contributed by atoms with Gasteiger partial charge in [0.1, 0.15) is 0 Å². The molecule has 1 heterocycles. The Bertz CT molecular complexity index is 602. The number of aromatic nitrogens is 1. The Morgan fingerprint density at radius 3 is 2.88 bits per heavy atom. The monoisotopic (exact) mass is 213 g/mol. The highest BCUT2D eigenvalue weighted by molar-refractivity contribution is 5.81. The molecule has 2 aromatic rings. The van der Waals surface area contributed by atoms with Gasteiger partial charge in [-0.25, -0.2) is 0 Å². The molecule has 0 bridgehead atoms. The van der Waals surface area contributed by atoms with Gasteiger partial charge in [0.2, 0.25) is 0 Å². The maximum atomic E-state index is 10.6. The molecular weight excluding hydrogens is 206 g/mol. The number of benzene rings is 1. The largest absolute Gasteiger partial charge is 0.270 e. The molecule has 1 aromatic carbocycles. The van der Waals surface area contributed by atoms with Gasteiger partial charge < -0.3 is 0 Å². The highest BCUT2D eigenvalue weighted by Gasteiger charge is 2.06. The molecule has 0 radical (unpaired) electrons. The maximum Gasteiger partial charge on any atom is 0.270 e. The summed E-state index contributed by atoms with van der Waals surface area (Å²) in [6.07, 6.45) is 0.243. The zero-order valence-electron chi connectivity index (χ0n) is 8.25. The SMILES string of the molecule is N#CCc1ccc2cc([N+](=O)[O-])ccc2n1. The van der Waals surface area contributed by atoms with Gasteiger partial charge >= 0.3 is 0 Å². The minimum atomic E-state index is -0.442. The highest BCUT2D eigenvalue weighted by atomic mass is 16.6. The summed E-state index contributed by atoms with van der Waals surface area (Å²) in [4.78, 5) is 14.3. The molecular formula is C11H7N3O2. The quantitative estimate of drug-likeness (QED) is 0.565. The summed E-state index contributed by atoms with van der Waals surface area (Å²) >= 11 is 0. The number of pyridine rings is 1. The number of nitrogens with zero attached hydrogens (tertiary/aromatic N) is 3. The zero-order valence-corrected chi connectivity index (χ0v) is 8.25. The Hall–Kier alpha value is -2.48. The van der Waals surface area contributed by atoms with E-state index in [-0.39, 0.29) is 12.1 Å². The topological polar surface area (TPSA) is 79.8 Å². The van der Waals surface area contributed by atoms with Crippen molar-refractivity contribution in [2.75, 3.05) is 0 Å². The summed E-state index contributed by atoms with van der Waals surface area (Å²) in [5.74, 6) is 0. The van der Waals surface area contributed by atoms with Gasteiger partial charge in [-0.15, -0.1) is 0 Å². The van der Waals surface area contributed by atoms with Crippen LogP contribution < -0.4 is 0 Å². The molecule has 1 aromatic heterocycles. The van der Waals surface area contributed by atoms with E-state index in [0.717, 1.165) is 0 Å². The average molecular weight is 213 g/mol. The minimum absolute atomic E-state index is 0.0438. The van der Waals surface area contributed by atoms with E-state index in [1.807, 2.05) is 6.07 Å². The van der Waals surface area contributed by atoms with Crippen molar-refractivity contribution >= 4 is 16.6 Å². The Morgan fingerprint density at radius 1 is 1.38 bits per heavy atom. The molecule has 0 unspecified atom stereocenters. The highest BCUT2D eigenvalue weighted by Crippen LogP contribution is 2.19. The van der Waals surface area contributed by atoms with E-state index < -0.39 is 4.92 Å². The van der Waals surface area contributed by atoms with Gasteiger partial charge in [0, 0.05) is 17.5 Å². The number of nitriles is 1. The molecule has 0 N–H and O–H groups in total. The molecule has 0 aliphatic rings. The molecule has 5 heteroatoms. The minimum Gasteiger partial charge on any atom is -0.258 e. The molecule has 0 atom stereocenters. The van der Waals surface area contributed by atoms with Crippen molar-refractivity contribution in [1.82, 2.24) is 4.98 Å². The molecule has 0 aliphatic heterocycles. The fourth-order valence-corrected chi connectivity index (χ4v) is 1.45. The number of hydrogen-bond acceptors (Lipinski definition) is 4. The predicted molar refractivity (Wildman–Crippen MR) is 57.7 cm³/mol. The van der Waals surface area contributed by atoms with Crippen LogP contribution in [-0.4, -0.2) is 9.91 Å². The van der Waals surface area contributed by atoms with E-state index in [1.165, 1.54) is 12.1 Å². The summed E-state index contributed by atoms with van der Waals surface area (Å²) in [5, 5.41) is 19.8. The first-order valence-corrected chi connectivity index (χ1v) is 4.62. The average Bonchev–Trinajstić information content (AvgIpc) is 2.28. The summed E-state index contributed by atoms with van der Waals surface area (Å²) in [5.41, 5.74) is 1.38. The van der Waals surface area contributed by atoms with Crippen LogP contribution in [0.3, 0.4) is 0 Å².